The molecule has 1 saturated heterocycles. The Morgan fingerprint density at radius 1 is 1.35 bits per heavy atom. The number of nitrogens with one attached hydrogen (secondary N) is 1. The molecule has 1 aromatic carbocycles. The number of rotatable bonds is 4. The number of hydrogen-bond donors (Lipinski definition) is 1. The Kier molecular flexibility index (Phi) is 5.35. The number of H-pyrrole nitrogens is 1. The molecule has 1 aliphatic heterocycles. The van der Waals surface area contributed by atoms with E-state index in [2.05, 4.69) is 9.97 Å². The Morgan fingerprint density at radius 2 is 2.08 bits per heavy atom. The molecule has 1 aliphatic rings. The number of carbonyl (C=O) groups is 2. The maximum absolute atomic E-state index is 13.2. The van der Waals surface area contributed by atoms with Crippen molar-refractivity contribution in [3.05, 3.63) is 53.9 Å². The minimum absolute atomic E-state index is 0.00256. The fraction of sp³-hybridized carbons (Fsp3) is 0.421. The van der Waals surface area contributed by atoms with Gasteiger partial charge in [0, 0.05) is 38.4 Å². The van der Waals surface area contributed by atoms with Crippen LogP contribution in [0.5, 0.6) is 0 Å². The van der Waals surface area contributed by atoms with E-state index in [9.17, 15) is 14.0 Å². The van der Waals surface area contributed by atoms with Crippen molar-refractivity contribution in [3.8, 4) is 0 Å². The number of halogens is 1. The van der Waals surface area contributed by atoms with Crippen LogP contribution >= 0.6 is 0 Å². The van der Waals surface area contributed by atoms with Crippen molar-refractivity contribution in [1.29, 1.82) is 0 Å². The van der Waals surface area contributed by atoms with Crippen LogP contribution in [0.25, 0.3) is 0 Å². The van der Waals surface area contributed by atoms with Crippen LogP contribution in [-0.2, 0) is 11.3 Å². The minimum Gasteiger partial charge on any atom is -0.341 e. The highest BCUT2D eigenvalue weighted by atomic mass is 19.1. The van der Waals surface area contributed by atoms with Gasteiger partial charge in [0.25, 0.3) is 5.91 Å². The second-order valence-corrected chi connectivity index (χ2v) is 6.90. The van der Waals surface area contributed by atoms with Gasteiger partial charge in [-0.1, -0.05) is 26.0 Å². The summed E-state index contributed by atoms with van der Waals surface area (Å²) in [6, 6.07) is 6.06. The largest absolute Gasteiger partial charge is 0.341 e. The summed E-state index contributed by atoms with van der Waals surface area (Å²) in [5.41, 5.74) is 0.871. The van der Waals surface area contributed by atoms with E-state index in [-0.39, 0.29) is 41.8 Å². The summed E-state index contributed by atoms with van der Waals surface area (Å²) in [6.45, 7) is 5.29. The summed E-state index contributed by atoms with van der Waals surface area (Å²) in [5.74, 6) is -0.0391. The van der Waals surface area contributed by atoms with Crippen LogP contribution in [0.1, 0.15) is 36.5 Å². The molecule has 26 heavy (non-hydrogen) atoms. The predicted octanol–water partition coefficient (Wildman–Crippen LogP) is 2.45. The lowest BCUT2D eigenvalue weighted by Crippen LogP contribution is -2.47. The highest BCUT2D eigenvalue weighted by molar-refractivity contribution is 5.91. The molecule has 7 heteroatoms. The molecular weight excluding hydrogens is 335 g/mol. The number of benzene rings is 1. The number of nitrogens with zero attached hydrogens (tertiary/aromatic N) is 3. The van der Waals surface area contributed by atoms with Gasteiger partial charge in [-0.25, -0.2) is 9.37 Å². The lowest BCUT2D eigenvalue weighted by Gasteiger charge is -2.34. The van der Waals surface area contributed by atoms with Gasteiger partial charge in [0.1, 0.15) is 5.82 Å². The highest BCUT2D eigenvalue weighted by Gasteiger charge is 2.34. The van der Waals surface area contributed by atoms with Crippen molar-refractivity contribution in [2.45, 2.75) is 32.9 Å². The van der Waals surface area contributed by atoms with Gasteiger partial charge in [-0.05, 0) is 23.6 Å². The average Bonchev–Trinajstić information content (AvgIpc) is 3.10. The predicted molar refractivity (Wildman–Crippen MR) is 94.7 cm³/mol. The summed E-state index contributed by atoms with van der Waals surface area (Å²) < 4.78 is 13.2. The molecule has 0 radical (unpaired) electrons. The molecule has 1 atom stereocenters. The zero-order chi connectivity index (χ0) is 18.7. The summed E-state index contributed by atoms with van der Waals surface area (Å²) in [4.78, 5) is 35.8. The molecule has 0 saturated carbocycles. The van der Waals surface area contributed by atoms with E-state index < -0.39 is 0 Å². The van der Waals surface area contributed by atoms with Gasteiger partial charge >= 0.3 is 0 Å². The first-order chi connectivity index (χ1) is 12.5. The van der Waals surface area contributed by atoms with Crippen LogP contribution in [-0.4, -0.2) is 50.7 Å². The molecule has 1 aromatic heterocycles. The molecular formula is C19H23FN4O2. The van der Waals surface area contributed by atoms with Crippen molar-refractivity contribution >= 4 is 11.8 Å². The summed E-state index contributed by atoms with van der Waals surface area (Å²) in [5, 5.41) is 0. The van der Waals surface area contributed by atoms with E-state index in [4.69, 9.17) is 0 Å². The molecule has 3 rings (SSSR count). The number of imidazole rings is 1. The molecule has 1 fully saturated rings. The highest BCUT2D eigenvalue weighted by Crippen LogP contribution is 2.22. The third kappa shape index (κ3) is 3.92. The van der Waals surface area contributed by atoms with Crippen LogP contribution in [0.2, 0.25) is 0 Å². The maximum Gasteiger partial charge on any atom is 0.289 e. The monoisotopic (exact) mass is 358 g/mol. The molecule has 0 bridgehead atoms. The van der Waals surface area contributed by atoms with E-state index in [1.807, 2.05) is 18.7 Å². The Hall–Kier alpha value is -2.70. The number of hydrogen-bond acceptors (Lipinski definition) is 3. The van der Waals surface area contributed by atoms with Crippen molar-refractivity contribution in [2.75, 3.05) is 13.1 Å². The molecule has 0 unspecified atom stereocenters. The standard InChI is InChI=1S/C19H23FN4O2/c1-13(2)16-12-23(19(26)18-21-8-9-22-18)10-7-17(25)24(16)11-14-3-5-15(20)6-4-14/h3-6,8-9,13,16H,7,10-12H2,1-2H3,(H,21,22)/t16-/m0/s1. The second-order valence-electron chi connectivity index (χ2n) is 6.90. The Morgan fingerprint density at radius 3 is 2.69 bits per heavy atom. The van der Waals surface area contributed by atoms with E-state index in [1.165, 1.54) is 18.3 Å². The Balaban J connectivity index is 1.81. The quantitative estimate of drug-likeness (QED) is 0.913. The van der Waals surface area contributed by atoms with E-state index >= 15 is 0 Å². The van der Waals surface area contributed by atoms with E-state index in [1.54, 1.807) is 23.2 Å². The zero-order valence-corrected chi connectivity index (χ0v) is 15.0. The lowest BCUT2D eigenvalue weighted by atomic mass is 10.0. The third-order valence-electron chi connectivity index (χ3n) is 4.75. The molecule has 1 N–H and O–H groups in total. The first-order valence-corrected chi connectivity index (χ1v) is 8.78. The summed E-state index contributed by atoms with van der Waals surface area (Å²) >= 11 is 0. The SMILES string of the molecule is CC(C)[C@@H]1CN(C(=O)c2ncc[nH]2)CCC(=O)N1Cc1ccc(F)cc1. The van der Waals surface area contributed by atoms with Crippen molar-refractivity contribution in [2.24, 2.45) is 5.92 Å². The maximum atomic E-state index is 13.2. The smallest absolute Gasteiger partial charge is 0.289 e. The molecule has 6 nitrogen and oxygen atoms in total. The molecule has 2 heterocycles. The fourth-order valence-corrected chi connectivity index (χ4v) is 3.25. The summed E-state index contributed by atoms with van der Waals surface area (Å²) in [6.07, 6.45) is 3.41. The third-order valence-corrected chi connectivity index (χ3v) is 4.75. The fourth-order valence-electron chi connectivity index (χ4n) is 3.25. The molecule has 0 spiro atoms. The molecule has 2 aromatic rings. The van der Waals surface area contributed by atoms with Crippen LogP contribution < -0.4 is 0 Å². The van der Waals surface area contributed by atoms with Crippen LogP contribution in [0.15, 0.2) is 36.7 Å². The van der Waals surface area contributed by atoms with Crippen LogP contribution in [0, 0.1) is 11.7 Å². The van der Waals surface area contributed by atoms with Crippen LogP contribution in [0.3, 0.4) is 0 Å². The second kappa shape index (κ2) is 7.68. The van der Waals surface area contributed by atoms with E-state index in [0.29, 0.717) is 19.6 Å². The van der Waals surface area contributed by atoms with Crippen molar-refractivity contribution < 1.29 is 14.0 Å². The minimum atomic E-state index is -0.299. The first kappa shape index (κ1) is 18.1. The number of aromatic nitrogens is 2. The Labute approximate surface area is 152 Å². The van der Waals surface area contributed by atoms with Gasteiger partial charge in [-0.15, -0.1) is 0 Å². The Bertz CT molecular complexity index is 758. The average molecular weight is 358 g/mol. The van der Waals surface area contributed by atoms with Gasteiger partial charge in [0.2, 0.25) is 5.91 Å². The number of amides is 2. The summed E-state index contributed by atoms with van der Waals surface area (Å²) in [7, 11) is 0. The lowest BCUT2D eigenvalue weighted by molar-refractivity contribution is -0.134. The van der Waals surface area contributed by atoms with Gasteiger partial charge in [-0.2, -0.15) is 0 Å². The molecule has 138 valence electrons. The van der Waals surface area contributed by atoms with E-state index in [0.717, 1.165) is 5.56 Å². The normalized spacial score (nSPS) is 18.3. The first-order valence-electron chi connectivity index (χ1n) is 8.78. The van der Waals surface area contributed by atoms with Gasteiger partial charge in [-0.3, -0.25) is 9.59 Å². The number of carbonyl (C=O) groups excluding carboxylic acids is 2. The zero-order valence-electron chi connectivity index (χ0n) is 15.0. The van der Waals surface area contributed by atoms with Gasteiger partial charge in [0.05, 0.1) is 6.04 Å². The van der Waals surface area contributed by atoms with Gasteiger partial charge < -0.3 is 14.8 Å². The topological polar surface area (TPSA) is 69.3 Å². The van der Waals surface area contributed by atoms with Crippen molar-refractivity contribution in [3.63, 3.8) is 0 Å². The van der Waals surface area contributed by atoms with Gasteiger partial charge in [0.15, 0.2) is 5.82 Å². The van der Waals surface area contributed by atoms with Crippen LogP contribution in [0.4, 0.5) is 4.39 Å². The van der Waals surface area contributed by atoms with Crippen molar-refractivity contribution in [1.82, 2.24) is 19.8 Å². The number of aromatic amines is 1. The molecule has 2 amide bonds. The molecule has 0 aliphatic carbocycles.